The fourth-order valence-electron chi connectivity index (χ4n) is 3.01. The third kappa shape index (κ3) is 3.63. The highest BCUT2D eigenvalue weighted by Gasteiger charge is 2.42. The Morgan fingerprint density at radius 1 is 1.29 bits per heavy atom. The van der Waals surface area contributed by atoms with Gasteiger partial charge in [0.1, 0.15) is 0 Å². The van der Waals surface area contributed by atoms with Crippen molar-refractivity contribution in [2.24, 2.45) is 5.41 Å². The summed E-state index contributed by atoms with van der Waals surface area (Å²) in [6.45, 7) is 4.19. The molecular formula is C17H23NO3. The van der Waals surface area contributed by atoms with Crippen LogP contribution in [0.25, 0.3) is 0 Å². The number of carbonyl (C=O) groups is 2. The number of aliphatic carboxylic acids is 1. The first kappa shape index (κ1) is 15.5. The van der Waals surface area contributed by atoms with Gasteiger partial charge in [-0.05, 0) is 36.5 Å². The average Bonchev–Trinajstić information content (AvgIpc) is 2.88. The zero-order valence-electron chi connectivity index (χ0n) is 12.7. The van der Waals surface area contributed by atoms with Gasteiger partial charge < -0.3 is 10.4 Å². The zero-order valence-corrected chi connectivity index (χ0v) is 12.7. The van der Waals surface area contributed by atoms with Crippen LogP contribution < -0.4 is 5.32 Å². The first-order valence-corrected chi connectivity index (χ1v) is 7.56. The molecule has 4 nitrogen and oxygen atoms in total. The molecule has 2 N–H and O–H groups in total. The van der Waals surface area contributed by atoms with Crippen molar-refractivity contribution in [3.63, 3.8) is 0 Å². The molecule has 0 heterocycles. The van der Waals surface area contributed by atoms with Gasteiger partial charge in [0.05, 0.1) is 5.41 Å². The maximum atomic E-state index is 12.2. The number of carboxylic acid groups (broad SMARTS) is 1. The van der Waals surface area contributed by atoms with Crippen LogP contribution in [0.2, 0.25) is 0 Å². The number of hydrogen-bond donors (Lipinski definition) is 2. The van der Waals surface area contributed by atoms with Crippen LogP contribution in [0.4, 0.5) is 5.69 Å². The standard InChI is InChI=1S/C17H23NO3/c1-12(2)13-6-5-7-14(10-13)18-15(19)11-17(16(20)21)8-3-4-9-17/h5-7,10,12H,3-4,8-9,11H2,1-2H3,(H,18,19)(H,20,21). The molecular weight excluding hydrogens is 266 g/mol. The molecule has 0 aromatic heterocycles. The van der Waals surface area contributed by atoms with Crippen LogP contribution in [0, 0.1) is 5.41 Å². The summed E-state index contributed by atoms with van der Waals surface area (Å²) in [6, 6.07) is 7.72. The molecule has 1 aromatic carbocycles. The van der Waals surface area contributed by atoms with Gasteiger partial charge in [-0.1, -0.05) is 38.8 Å². The van der Waals surface area contributed by atoms with Crippen molar-refractivity contribution < 1.29 is 14.7 Å². The van der Waals surface area contributed by atoms with E-state index in [0.717, 1.165) is 24.1 Å². The molecule has 1 aliphatic rings. The summed E-state index contributed by atoms with van der Waals surface area (Å²) in [5.74, 6) is -0.659. The largest absolute Gasteiger partial charge is 0.481 e. The van der Waals surface area contributed by atoms with Gasteiger partial charge in [0.25, 0.3) is 0 Å². The normalized spacial score (nSPS) is 16.9. The van der Waals surface area contributed by atoms with Crippen LogP contribution in [-0.4, -0.2) is 17.0 Å². The zero-order chi connectivity index (χ0) is 15.5. The molecule has 0 aliphatic heterocycles. The molecule has 1 saturated carbocycles. The summed E-state index contributed by atoms with van der Waals surface area (Å²) < 4.78 is 0. The van der Waals surface area contributed by atoms with Crippen LogP contribution >= 0.6 is 0 Å². The van der Waals surface area contributed by atoms with Crippen LogP contribution in [0.1, 0.15) is 57.4 Å². The van der Waals surface area contributed by atoms with Crippen LogP contribution in [0.3, 0.4) is 0 Å². The number of rotatable bonds is 5. The third-order valence-corrected chi connectivity index (χ3v) is 4.35. The van der Waals surface area contributed by atoms with Gasteiger partial charge >= 0.3 is 5.97 Å². The fraction of sp³-hybridized carbons (Fsp3) is 0.529. The van der Waals surface area contributed by atoms with Gasteiger partial charge in [-0.2, -0.15) is 0 Å². The summed E-state index contributed by atoms with van der Waals surface area (Å²) in [5, 5.41) is 12.3. The molecule has 0 atom stereocenters. The van der Waals surface area contributed by atoms with Gasteiger partial charge in [-0.25, -0.2) is 0 Å². The lowest BCUT2D eigenvalue weighted by Gasteiger charge is -2.23. The maximum Gasteiger partial charge on any atom is 0.310 e. The topological polar surface area (TPSA) is 66.4 Å². The number of hydrogen-bond acceptors (Lipinski definition) is 2. The molecule has 2 rings (SSSR count). The first-order chi connectivity index (χ1) is 9.93. The average molecular weight is 289 g/mol. The predicted molar refractivity (Wildman–Crippen MR) is 82.3 cm³/mol. The van der Waals surface area contributed by atoms with Gasteiger partial charge in [0.15, 0.2) is 0 Å². The molecule has 0 radical (unpaired) electrons. The van der Waals surface area contributed by atoms with Crippen LogP contribution in [-0.2, 0) is 9.59 Å². The smallest absolute Gasteiger partial charge is 0.310 e. The minimum absolute atomic E-state index is 0.0637. The monoisotopic (exact) mass is 289 g/mol. The number of anilines is 1. The second kappa shape index (κ2) is 6.29. The van der Waals surface area contributed by atoms with E-state index in [4.69, 9.17) is 0 Å². The molecule has 114 valence electrons. The summed E-state index contributed by atoms with van der Waals surface area (Å²) in [6.07, 6.45) is 3.04. The molecule has 0 unspecified atom stereocenters. The number of benzene rings is 1. The van der Waals surface area contributed by atoms with Crippen LogP contribution in [0.15, 0.2) is 24.3 Å². The van der Waals surface area contributed by atoms with Crippen molar-refractivity contribution in [3.8, 4) is 0 Å². The van der Waals surface area contributed by atoms with Gasteiger partial charge in [0, 0.05) is 12.1 Å². The Bertz CT molecular complexity index is 531. The van der Waals surface area contributed by atoms with Gasteiger partial charge in [0.2, 0.25) is 5.91 Å². The van der Waals surface area contributed by atoms with E-state index in [1.54, 1.807) is 0 Å². The van der Waals surface area contributed by atoms with Crippen molar-refractivity contribution in [1.29, 1.82) is 0 Å². The second-order valence-corrected chi connectivity index (χ2v) is 6.30. The summed E-state index contributed by atoms with van der Waals surface area (Å²) in [4.78, 5) is 23.7. The molecule has 0 saturated heterocycles. The van der Waals surface area contributed by atoms with Gasteiger partial charge in [-0.3, -0.25) is 9.59 Å². The summed E-state index contributed by atoms with van der Waals surface area (Å²) in [7, 11) is 0. The van der Waals surface area contributed by atoms with E-state index in [1.165, 1.54) is 0 Å². The minimum atomic E-state index is -0.861. The molecule has 1 aromatic rings. The molecule has 1 aliphatic carbocycles. The molecule has 1 amide bonds. The first-order valence-electron chi connectivity index (χ1n) is 7.56. The maximum absolute atomic E-state index is 12.2. The highest BCUT2D eigenvalue weighted by Crippen LogP contribution is 2.41. The van der Waals surface area contributed by atoms with E-state index >= 15 is 0 Å². The molecule has 4 heteroatoms. The predicted octanol–water partition coefficient (Wildman–Crippen LogP) is 3.78. The number of carboxylic acids is 1. The third-order valence-electron chi connectivity index (χ3n) is 4.35. The van der Waals surface area contributed by atoms with Gasteiger partial charge in [-0.15, -0.1) is 0 Å². The Hall–Kier alpha value is -1.84. The SMILES string of the molecule is CC(C)c1cccc(NC(=O)CC2(C(=O)O)CCCC2)c1. The lowest BCUT2D eigenvalue weighted by atomic mass is 9.82. The molecule has 0 spiro atoms. The van der Waals surface area contributed by atoms with Crippen LogP contribution in [0.5, 0.6) is 0 Å². The molecule has 21 heavy (non-hydrogen) atoms. The Balaban J connectivity index is 2.04. The Morgan fingerprint density at radius 3 is 2.52 bits per heavy atom. The van der Waals surface area contributed by atoms with E-state index in [2.05, 4.69) is 19.2 Å². The number of amides is 1. The Morgan fingerprint density at radius 2 is 1.95 bits per heavy atom. The second-order valence-electron chi connectivity index (χ2n) is 6.30. The quantitative estimate of drug-likeness (QED) is 0.866. The van der Waals surface area contributed by atoms with Crippen molar-refractivity contribution in [1.82, 2.24) is 0 Å². The van der Waals surface area contributed by atoms with Crippen molar-refractivity contribution in [3.05, 3.63) is 29.8 Å². The number of carbonyl (C=O) groups excluding carboxylic acids is 1. The highest BCUT2D eigenvalue weighted by molar-refractivity contribution is 5.94. The lowest BCUT2D eigenvalue weighted by molar-refractivity contribution is -0.150. The fourth-order valence-corrected chi connectivity index (χ4v) is 3.01. The van der Waals surface area contributed by atoms with Crippen molar-refractivity contribution in [2.45, 2.75) is 51.9 Å². The van der Waals surface area contributed by atoms with E-state index < -0.39 is 11.4 Å². The lowest BCUT2D eigenvalue weighted by Crippen LogP contribution is -2.32. The Labute approximate surface area is 125 Å². The van der Waals surface area contributed by atoms with Crippen molar-refractivity contribution in [2.75, 3.05) is 5.32 Å². The van der Waals surface area contributed by atoms with E-state index in [1.807, 2.05) is 24.3 Å². The minimum Gasteiger partial charge on any atom is -0.481 e. The summed E-state index contributed by atoms with van der Waals surface area (Å²) in [5.41, 5.74) is 1.03. The van der Waals surface area contributed by atoms with E-state index in [0.29, 0.717) is 18.8 Å². The Kier molecular flexibility index (Phi) is 4.66. The van der Waals surface area contributed by atoms with E-state index in [-0.39, 0.29) is 12.3 Å². The van der Waals surface area contributed by atoms with Crippen molar-refractivity contribution >= 4 is 17.6 Å². The number of nitrogens with one attached hydrogen (secondary N) is 1. The summed E-state index contributed by atoms with van der Waals surface area (Å²) >= 11 is 0. The molecule has 0 bridgehead atoms. The highest BCUT2D eigenvalue weighted by atomic mass is 16.4. The molecule has 1 fully saturated rings. The van der Waals surface area contributed by atoms with E-state index in [9.17, 15) is 14.7 Å².